The minimum atomic E-state index is 0.0687. The highest BCUT2D eigenvalue weighted by molar-refractivity contribution is 8.00. The molecule has 126 valence electrons. The van der Waals surface area contributed by atoms with Gasteiger partial charge >= 0.3 is 0 Å². The van der Waals surface area contributed by atoms with Crippen LogP contribution in [-0.2, 0) is 11.3 Å². The molecule has 1 fully saturated rings. The lowest BCUT2D eigenvalue weighted by Crippen LogP contribution is -2.27. The van der Waals surface area contributed by atoms with E-state index in [4.69, 9.17) is 4.74 Å². The summed E-state index contributed by atoms with van der Waals surface area (Å²) in [7, 11) is 1.68. The first-order chi connectivity index (χ1) is 12.2. The Morgan fingerprint density at radius 1 is 1.04 bits per heavy atom. The zero-order valence-electron chi connectivity index (χ0n) is 14.0. The second kappa shape index (κ2) is 6.81. The molecular weight excluding hydrogens is 330 g/mol. The molecule has 0 N–H and O–H groups in total. The Bertz CT molecular complexity index is 910. The van der Waals surface area contributed by atoms with Crippen molar-refractivity contribution in [1.82, 2.24) is 4.90 Å². The summed E-state index contributed by atoms with van der Waals surface area (Å²) < 4.78 is 5.29. The van der Waals surface area contributed by atoms with E-state index >= 15 is 0 Å². The first-order valence-corrected chi connectivity index (χ1v) is 9.32. The first kappa shape index (κ1) is 16.0. The highest BCUT2D eigenvalue weighted by Gasteiger charge is 2.32. The Balaban J connectivity index is 1.65. The van der Waals surface area contributed by atoms with E-state index in [0.717, 1.165) is 22.1 Å². The molecular formula is C21H19NO2S. The maximum atomic E-state index is 12.4. The fourth-order valence-corrected chi connectivity index (χ4v) is 4.38. The Hall–Kier alpha value is -2.46. The first-order valence-electron chi connectivity index (χ1n) is 8.27. The lowest BCUT2D eigenvalue weighted by molar-refractivity contribution is -0.128. The highest BCUT2D eigenvalue weighted by atomic mass is 32.2. The van der Waals surface area contributed by atoms with Crippen LogP contribution in [0.25, 0.3) is 10.8 Å². The average Bonchev–Trinajstić information content (AvgIpc) is 3.02. The van der Waals surface area contributed by atoms with Crippen molar-refractivity contribution in [3.63, 3.8) is 0 Å². The molecule has 1 saturated heterocycles. The van der Waals surface area contributed by atoms with Crippen LogP contribution in [0.3, 0.4) is 0 Å². The van der Waals surface area contributed by atoms with Crippen LogP contribution in [-0.4, -0.2) is 23.7 Å². The summed E-state index contributed by atoms with van der Waals surface area (Å²) in [6.45, 7) is 0.651. The van der Waals surface area contributed by atoms with E-state index < -0.39 is 0 Å². The van der Waals surface area contributed by atoms with Gasteiger partial charge in [0.15, 0.2) is 0 Å². The standard InChI is InChI=1S/C21H19NO2S/c1-24-19-10-9-16-11-18(8-7-17(16)12-19)21-22(20(23)14-25-21)13-15-5-3-2-4-6-15/h2-12,21H,13-14H2,1H3. The van der Waals surface area contributed by atoms with Crippen molar-refractivity contribution in [2.24, 2.45) is 0 Å². The van der Waals surface area contributed by atoms with Gasteiger partial charge < -0.3 is 9.64 Å². The van der Waals surface area contributed by atoms with E-state index in [0.29, 0.717) is 12.3 Å². The quantitative estimate of drug-likeness (QED) is 0.688. The predicted molar refractivity (Wildman–Crippen MR) is 103 cm³/mol. The van der Waals surface area contributed by atoms with Gasteiger partial charge in [-0.15, -0.1) is 11.8 Å². The van der Waals surface area contributed by atoms with Crippen molar-refractivity contribution in [3.8, 4) is 5.75 Å². The molecule has 1 unspecified atom stereocenters. The van der Waals surface area contributed by atoms with Crippen molar-refractivity contribution in [2.45, 2.75) is 11.9 Å². The van der Waals surface area contributed by atoms with Crippen molar-refractivity contribution >= 4 is 28.4 Å². The van der Waals surface area contributed by atoms with Gasteiger partial charge in [0.1, 0.15) is 11.1 Å². The third-order valence-electron chi connectivity index (χ3n) is 4.52. The van der Waals surface area contributed by atoms with Gasteiger partial charge in [0.2, 0.25) is 5.91 Å². The molecule has 0 bridgehead atoms. The Labute approximate surface area is 151 Å². The van der Waals surface area contributed by atoms with Gasteiger partial charge in [0.25, 0.3) is 0 Å². The zero-order chi connectivity index (χ0) is 17.2. The number of methoxy groups -OCH3 is 1. The maximum Gasteiger partial charge on any atom is 0.234 e. The number of carbonyl (C=O) groups excluding carboxylic acids is 1. The Morgan fingerprint density at radius 2 is 1.80 bits per heavy atom. The summed E-state index contributed by atoms with van der Waals surface area (Å²) >= 11 is 1.70. The topological polar surface area (TPSA) is 29.5 Å². The predicted octanol–water partition coefficient (Wildman–Crippen LogP) is 4.62. The van der Waals surface area contributed by atoms with Gasteiger partial charge in [-0.05, 0) is 40.1 Å². The molecule has 1 aliphatic heterocycles. The van der Waals surface area contributed by atoms with Crippen LogP contribution >= 0.6 is 11.8 Å². The third-order valence-corrected chi connectivity index (χ3v) is 5.78. The smallest absolute Gasteiger partial charge is 0.234 e. The molecule has 0 spiro atoms. The summed E-state index contributed by atoms with van der Waals surface area (Å²) in [5, 5.41) is 2.38. The van der Waals surface area contributed by atoms with Crippen molar-refractivity contribution < 1.29 is 9.53 Å². The van der Waals surface area contributed by atoms with Crippen molar-refractivity contribution in [2.75, 3.05) is 12.9 Å². The monoisotopic (exact) mass is 349 g/mol. The minimum absolute atomic E-state index is 0.0687. The van der Waals surface area contributed by atoms with Gasteiger partial charge in [-0.2, -0.15) is 0 Å². The molecule has 1 aliphatic rings. The van der Waals surface area contributed by atoms with Gasteiger partial charge in [-0.25, -0.2) is 0 Å². The Morgan fingerprint density at radius 3 is 2.60 bits per heavy atom. The molecule has 3 aromatic carbocycles. The van der Waals surface area contributed by atoms with Gasteiger partial charge in [0.05, 0.1) is 12.9 Å². The molecule has 4 rings (SSSR count). The normalized spacial score (nSPS) is 17.2. The number of nitrogens with zero attached hydrogens (tertiary/aromatic N) is 1. The SMILES string of the molecule is COc1ccc2cc(C3SCC(=O)N3Cc3ccccc3)ccc2c1. The molecule has 4 heteroatoms. The molecule has 1 atom stereocenters. The molecule has 0 aromatic heterocycles. The second-order valence-corrected chi connectivity index (χ2v) is 7.21. The number of amides is 1. The van der Waals surface area contributed by atoms with E-state index in [1.165, 1.54) is 5.56 Å². The van der Waals surface area contributed by atoms with Crippen LogP contribution in [0.1, 0.15) is 16.5 Å². The minimum Gasteiger partial charge on any atom is -0.497 e. The number of ether oxygens (including phenoxy) is 1. The third kappa shape index (κ3) is 3.22. The number of hydrogen-bond donors (Lipinski definition) is 0. The van der Waals surface area contributed by atoms with Crippen LogP contribution in [0.15, 0.2) is 66.7 Å². The number of benzene rings is 3. The number of fused-ring (bicyclic) bond motifs is 1. The van der Waals surface area contributed by atoms with E-state index in [1.807, 2.05) is 35.2 Å². The summed E-state index contributed by atoms with van der Waals surface area (Å²) in [6.07, 6.45) is 0. The summed E-state index contributed by atoms with van der Waals surface area (Å²) in [6, 6.07) is 22.7. The van der Waals surface area contributed by atoms with Crippen LogP contribution in [0.5, 0.6) is 5.75 Å². The largest absolute Gasteiger partial charge is 0.497 e. The van der Waals surface area contributed by atoms with E-state index in [-0.39, 0.29) is 11.3 Å². The van der Waals surface area contributed by atoms with Crippen LogP contribution in [0.4, 0.5) is 0 Å². The van der Waals surface area contributed by atoms with Gasteiger partial charge in [0, 0.05) is 6.54 Å². The molecule has 1 heterocycles. The average molecular weight is 349 g/mol. The molecule has 3 aromatic rings. The maximum absolute atomic E-state index is 12.4. The number of rotatable bonds is 4. The van der Waals surface area contributed by atoms with Crippen LogP contribution in [0.2, 0.25) is 0 Å². The molecule has 0 aliphatic carbocycles. The van der Waals surface area contributed by atoms with Crippen molar-refractivity contribution in [3.05, 3.63) is 77.9 Å². The van der Waals surface area contributed by atoms with Gasteiger partial charge in [-0.1, -0.05) is 48.5 Å². The summed E-state index contributed by atoms with van der Waals surface area (Å²) in [4.78, 5) is 14.4. The Kier molecular flexibility index (Phi) is 4.36. The lowest BCUT2D eigenvalue weighted by atomic mass is 10.1. The summed E-state index contributed by atoms with van der Waals surface area (Å²) in [5.41, 5.74) is 2.33. The second-order valence-electron chi connectivity index (χ2n) is 6.14. The van der Waals surface area contributed by atoms with Crippen LogP contribution in [0, 0.1) is 0 Å². The summed E-state index contributed by atoms with van der Waals surface area (Å²) in [5.74, 6) is 1.60. The molecule has 25 heavy (non-hydrogen) atoms. The van der Waals surface area contributed by atoms with Crippen molar-refractivity contribution in [1.29, 1.82) is 0 Å². The van der Waals surface area contributed by atoms with E-state index in [9.17, 15) is 4.79 Å². The fraction of sp³-hybridized carbons (Fsp3) is 0.190. The molecule has 1 amide bonds. The molecule has 0 radical (unpaired) electrons. The lowest BCUT2D eigenvalue weighted by Gasteiger charge is -2.24. The molecule has 0 saturated carbocycles. The number of carbonyl (C=O) groups is 1. The number of hydrogen-bond acceptors (Lipinski definition) is 3. The van der Waals surface area contributed by atoms with E-state index in [1.54, 1.807) is 18.9 Å². The highest BCUT2D eigenvalue weighted by Crippen LogP contribution is 2.40. The van der Waals surface area contributed by atoms with E-state index in [2.05, 4.69) is 36.4 Å². The fourth-order valence-electron chi connectivity index (χ4n) is 3.20. The van der Waals surface area contributed by atoms with Crippen LogP contribution < -0.4 is 4.74 Å². The van der Waals surface area contributed by atoms with Gasteiger partial charge in [-0.3, -0.25) is 4.79 Å². The number of thioether (sulfide) groups is 1. The zero-order valence-corrected chi connectivity index (χ0v) is 14.8. The molecule has 3 nitrogen and oxygen atoms in total.